The van der Waals surface area contributed by atoms with Crippen LogP contribution in [-0.4, -0.2) is 17.0 Å². The Morgan fingerprint density at radius 1 is 1.20 bits per heavy atom. The standard InChI is InChI=1S/C16H17NO3/c1-9-3-2-4-12(7-9)17-15(18)13-10-5-6-11(8-10)14(13)16(19)20/h2-7,10-11,13-14H,8H2,1H3,(H,17,18)(H,19,20)/t10-,11-,13-,14+/m0/s1. The van der Waals surface area contributed by atoms with Gasteiger partial charge in [0.05, 0.1) is 11.8 Å². The van der Waals surface area contributed by atoms with Gasteiger partial charge in [-0.3, -0.25) is 9.59 Å². The van der Waals surface area contributed by atoms with Crippen LogP contribution in [0.5, 0.6) is 0 Å². The molecule has 1 fully saturated rings. The maximum atomic E-state index is 12.4. The minimum atomic E-state index is -0.869. The molecule has 0 saturated heterocycles. The van der Waals surface area contributed by atoms with Gasteiger partial charge >= 0.3 is 5.97 Å². The highest BCUT2D eigenvalue weighted by Crippen LogP contribution is 2.48. The summed E-state index contributed by atoms with van der Waals surface area (Å²) in [7, 11) is 0. The molecule has 0 aliphatic heterocycles. The van der Waals surface area contributed by atoms with Crippen LogP contribution in [0.2, 0.25) is 0 Å². The molecule has 2 N–H and O–H groups in total. The van der Waals surface area contributed by atoms with E-state index in [-0.39, 0.29) is 17.7 Å². The van der Waals surface area contributed by atoms with Crippen LogP contribution in [0.4, 0.5) is 5.69 Å². The van der Waals surface area contributed by atoms with Crippen molar-refractivity contribution in [3.05, 3.63) is 42.0 Å². The fourth-order valence-corrected chi connectivity index (χ4v) is 3.46. The third-order valence-corrected chi connectivity index (χ3v) is 4.33. The van der Waals surface area contributed by atoms with E-state index in [1.807, 2.05) is 43.3 Å². The number of rotatable bonds is 3. The molecule has 1 aromatic rings. The predicted octanol–water partition coefficient (Wildman–Crippen LogP) is 2.46. The fraction of sp³-hybridized carbons (Fsp3) is 0.375. The Hall–Kier alpha value is -2.10. The van der Waals surface area contributed by atoms with Gasteiger partial charge in [-0.1, -0.05) is 24.3 Å². The molecule has 104 valence electrons. The summed E-state index contributed by atoms with van der Waals surface area (Å²) in [4.78, 5) is 23.8. The topological polar surface area (TPSA) is 66.4 Å². The molecule has 0 heterocycles. The van der Waals surface area contributed by atoms with Gasteiger partial charge in [-0.05, 0) is 42.9 Å². The maximum Gasteiger partial charge on any atom is 0.307 e. The number of hydrogen-bond acceptors (Lipinski definition) is 2. The molecule has 4 nitrogen and oxygen atoms in total. The first kappa shape index (κ1) is 12.9. The van der Waals surface area contributed by atoms with Gasteiger partial charge < -0.3 is 10.4 Å². The van der Waals surface area contributed by atoms with Crippen molar-refractivity contribution < 1.29 is 14.7 Å². The lowest BCUT2D eigenvalue weighted by Gasteiger charge is -2.23. The van der Waals surface area contributed by atoms with E-state index in [4.69, 9.17) is 0 Å². The average Bonchev–Trinajstić information content (AvgIpc) is 2.98. The Morgan fingerprint density at radius 3 is 2.55 bits per heavy atom. The highest BCUT2D eigenvalue weighted by Gasteiger charge is 2.51. The molecule has 2 bridgehead atoms. The number of benzene rings is 1. The lowest BCUT2D eigenvalue weighted by molar-refractivity contribution is -0.146. The third kappa shape index (κ3) is 2.11. The van der Waals surface area contributed by atoms with Gasteiger partial charge in [0.1, 0.15) is 0 Å². The molecule has 0 unspecified atom stereocenters. The van der Waals surface area contributed by atoms with E-state index in [9.17, 15) is 14.7 Å². The number of carboxylic acid groups (broad SMARTS) is 1. The zero-order valence-electron chi connectivity index (χ0n) is 11.2. The van der Waals surface area contributed by atoms with Crippen LogP contribution in [0.1, 0.15) is 12.0 Å². The van der Waals surface area contributed by atoms with Gasteiger partial charge in [-0.2, -0.15) is 0 Å². The van der Waals surface area contributed by atoms with Crippen molar-refractivity contribution in [3.63, 3.8) is 0 Å². The summed E-state index contributed by atoms with van der Waals surface area (Å²) < 4.78 is 0. The van der Waals surface area contributed by atoms with Gasteiger partial charge in [0.2, 0.25) is 5.91 Å². The number of hydrogen-bond donors (Lipinski definition) is 2. The Kier molecular flexibility index (Phi) is 3.08. The largest absolute Gasteiger partial charge is 0.481 e. The monoisotopic (exact) mass is 271 g/mol. The summed E-state index contributed by atoms with van der Waals surface area (Å²) >= 11 is 0. The number of anilines is 1. The molecule has 1 saturated carbocycles. The van der Waals surface area contributed by atoms with E-state index in [0.717, 1.165) is 17.7 Å². The van der Waals surface area contributed by atoms with Crippen LogP contribution in [0.15, 0.2) is 36.4 Å². The smallest absolute Gasteiger partial charge is 0.307 e. The summed E-state index contributed by atoms with van der Waals surface area (Å²) in [6, 6.07) is 7.54. The van der Waals surface area contributed by atoms with Crippen molar-refractivity contribution in [2.24, 2.45) is 23.7 Å². The first-order chi connectivity index (χ1) is 9.56. The van der Waals surface area contributed by atoms with Crippen LogP contribution in [0.3, 0.4) is 0 Å². The van der Waals surface area contributed by atoms with Crippen molar-refractivity contribution in [2.75, 3.05) is 5.32 Å². The van der Waals surface area contributed by atoms with E-state index in [1.165, 1.54) is 0 Å². The van der Waals surface area contributed by atoms with Gasteiger partial charge in [-0.15, -0.1) is 0 Å². The van der Waals surface area contributed by atoms with E-state index in [0.29, 0.717) is 0 Å². The third-order valence-electron chi connectivity index (χ3n) is 4.33. The number of carbonyl (C=O) groups excluding carboxylic acids is 1. The summed E-state index contributed by atoms with van der Waals surface area (Å²) in [5.41, 5.74) is 1.79. The molecule has 0 spiro atoms. The maximum absolute atomic E-state index is 12.4. The summed E-state index contributed by atoms with van der Waals surface area (Å²) in [5.74, 6) is -2.03. The molecule has 3 rings (SSSR count). The minimum Gasteiger partial charge on any atom is -0.481 e. The highest BCUT2D eigenvalue weighted by atomic mass is 16.4. The second-order valence-electron chi connectivity index (χ2n) is 5.70. The number of aryl methyl sites for hydroxylation is 1. The first-order valence-electron chi connectivity index (χ1n) is 6.85. The molecule has 1 aromatic carbocycles. The number of nitrogens with one attached hydrogen (secondary N) is 1. The lowest BCUT2D eigenvalue weighted by atomic mass is 9.82. The lowest BCUT2D eigenvalue weighted by Crippen LogP contribution is -2.36. The Bertz CT molecular complexity index is 593. The number of amides is 1. The zero-order valence-corrected chi connectivity index (χ0v) is 11.2. The SMILES string of the molecule is Cc1cccc(NC(=O)[C@@H]2[C@H](C(=O)O)[C@H]3C=C[C@H]2C3)c1. The van der Waals surface area contributed by atoms with E-state index in [2.05, 4.69) is 5.32 Å². The number of carbonyl (C=O) groups is 2. The molecule has 0 aromatic heterocycles. The van der Waals surface area contributed by atoms with Crippen LogP contribution >= 0.6 is 0 Å². The van der Waals surface area contributed by atoms with E-state index < -0.39 is 17.8 Å². The number of allylic oxidation sites excluding steroid dienone is 2. The molecule has 20 heavy (non-hydrogen) atoms. The molecule has 0 radical (unpaired) electrons. The van der Waals surface area contributed by atoms with Crippen molar-refractivity contribution in [1.82, 2.24) is 0 Å². The van der Waals surface area contributed by atoms with Crippen molar-refractivity contribution >= 4 is 17.6 Å². The summed E-state index contributed by atoms with van der Waals surface area (Å²) in [6.45, 7) is 1.95. The average molecular weight is 271 g/mol. The van der Waals surface area contributed by atoms with Crippen molar-refractivity contribution in [3.8, 4) is 0 Å². The fourth-order valence-electron chi connectivity index (χ4n) is 3.46. The van der Waals surface area contributed by atoms with Gasteiger partial charge in [-0.25, -0.2) is 0 Å². The molecule has 2 aliphatic carbocycles. The van der Waals surface area contributed by atoms with Gasteiger partial charge in [0.25, 0.3) is 0 Å². The minimum absolute atomic E-state index is 0.00533. The number of carboxylic acids is 1. The molecule has 1 amide bonds. The first-order valence-corrected chi connectivity index (χ1v) is 6.85. The normalized spacial score (nSPS) is 30.4. The zero-order chi connectivity index (χ0) is 14.3. The quantitative estimate of drug-likeness (QED) is 0.830. The molecule has 4 atom stereocenters. The van der Waals surface area contributed by atoms with Crippen molar-refractivity contribution in [1.29, 1.82) is 0 Å². The van der Waals surface area contributed by atoms with Gasteiger partial charge in [0, 0.05) is 5.69 Å². The van der Waals surface area contributed by atoms with E-state index >= 15 is 0 Å². The van der Waals surface area contributed by atoms with Crippen molar-refractivity contribution in [2.45, 2.75) is 13.3 Å². The highest BCUT2D eigenvalue weighted by molar-refractivity contribution is 5.96. The number of aliphatic carboxylic acids is 1. The summed E-state index contributed by atoms with van der Waals surface area (Å²) in [6.07, 6.45) is 4.72. The molecule has 2 aliphatic rings. The Morgan fingerprint density at radius 2 is 1.90 bits per heavy atom. The second-order valence-corrected chi connectivity index (χ2v) is 5.70. The molecule has 4 heteroatoms. The number of fused-ring (bicyclic) bond motifs is 2. The Labute approximate surface area is 117 Å². The second kappa shape index (κ2) is 4.78. The van der Waals surface area contributed by atoms with Crippen LogP contribution < -0.4 is 5.32 Å². The van der Waals surface area contributed by atoms with Crippen LogP contribution in [0.25, 0.3) is 0 Å². The molecular weight excluding hydrogens is 254 g/mol. The van der Waals surface area contributed by atoms with Gasteiger partial charge in [0.15, 0.2) is 0 Å². The van der Waals surface area contributed by atoms with Crippen LogP contribution in [0, 0.1) is 30.6 Å². The summed E-state index contributed by atoms with van der Waals surface area (Å²) in [5, 5.41) is 12.2. The Balaban J connectivity index is 1.80. The molecular formula is C16H17NO3. The predicted molar refractivity (Wildman–Crippen MR) is 75.2 cm³/mol. The van der Waals surface area contributed by atoms with Crippen LogP contribution in [-0.2, 0) is 9.59 Å². The van der Waals surface area contributed by atoms with E-state index in [1.54, 1.807) is 0 Å².